The number of hydrogen-bond acceptors (Lipinski definition) is 4. The second-order valence-electron chi connectivity index (χ2n) is 4.72. The van der Waals surface area contributed by atoms with Crippen LogP contribution in [0, 0.1) is 0 Å². The van der Waals surface area contributed by atoms with E-state index in [-0.39, 0.29) is 31.6 Å². The predicted molar refractivity (Wildman–Crippen MR) is 94.5 cm³/mol. The number of halogens is 4. The highest BCUT2D eigenvalue weighted by Gasteiger charge is 2.21. The average molecular weight is 408 g/mol. The summed E-state index contributed by atoms with van der Waals surface area (Å²) in [4.78, 5) is 22.8. The third kappa shape index (κ3) is 4.33. The third-order valence-electron chi connectivity index (χ3n) is 2.80. The minimum Gasteiger partial charge on any atom is -0.424 e. The molecule has 4 nitrogen and oxygen atoms in total. The highest BCUT2D eigenvalue weighted by molar-refractivity contribution is 6.37. The standard InChI is InChI=1S/C16H10Cl4O4/c1-7(21)23-15-11(3-9(17)5-13(15)19)12-4-10(18)6-14(20)16(12)24-8(2)22/h3-6H,1-2H3. The van der Waals surface area contributed by atoms with Crippen LogP contribution in [0.1, 0.15) is 13.8 Å². The largest absolute Gasteiger partial charge is 0.424 e. The lowest BCUT2D eigenvalue weighted by molar-refractivity contribution is -0.132. The van der Waals surface area contributed by atoms with Crippen molar-refractivity contribution in [2.75, 3.05) is 0 Å². The summed E-state index contributed by atoms with van der Waals surface area (Å²) in [6, 6.07) is 5.84. The molecular weight excluding hydrogens is 398 g/mol. The van der Waals surface area contributed by atoms with Crippen LogP contribution < -0.4 is 9.47 Å². The summed E-state index contributed by atoms with van der Waals surface area (Å²) < 4.78 is 10.3. The highest BCUT2D eigenvalue weighted by Crippen LogP contribution is 2.46. The summed E-state index contributed by atoms with van der Waals surface area (Å²) in [5, 5.41) is 0.793. The van der Waals surface area contributed by atoms with E-state index >= 15 is 0 Å². The van der Waals surface area contributed by atoms with Gasteiger partial charge in [-0.1, -0.05) is 46.4 Å². The summed E-state index contributed by atoms with van der Waals surface area (Å²) in [6.45, 7) is 2.46. The van der Waals surface area contributed by atoms with Crippen LogP contribution in [0.3, 0.4) is 0 Å². The fourth-order valence-electron chi connectivity index (χ4n) is 2.02. The lowest BCUT2D eigenvalue weighted by Crippen LogP contribution is -2.06. The van der Waals surface area contributed by atoms with Crippen molar-refractivity contribution in [2.24, 2.45) is 0 Å². The number of esters is 2. The summed E-state index contributed by atoms with van der Waals surface area (Å²) >= 11 is 24.4. The maximum atomic E-state index is 11.4. The van der Waals surface area contributed by atoms with E-state index < -0.39 is 11.9 Å². The Morgan fingerprint density at radius 2 is 1.04 bits per heavy atom. The molecule has 0 unspecified atom stereocenters. The zero-order valence-corrected chi connectivity index (χ0v) is 15.5. The van der Waals surface area contributed by atoms with Crippen molar-refractivity contribution in [3.63, 3.8) is 0 Å². The molecule has 0 atom stereocenters. The van der Waals surface area contributed by atoms with Crippen molar-refractivity contribution >= 4 is 58.3 Å². The van der Waals surface area contributed by atoms with Gasteiger partial charge in [-0.15, -0.1) is 0 Å². The topological polar surface area (TPSA) is 52.6 Å². The molecule has 0 aliphatic heterocycles. The molecule has 2 aromatic rings. The van der Waals surface area contributed by atoms with E-state index in [0.29, 0.717) is 11.1 Å². The van der Waals surface area contributed by atoms with E-state index in [1.54, 1.807) is 0 Å². The molecule has 2 rings (SSSR count). The van der Waals surface area contributed by atoms with Gasteiger partial charge < -0.3 is 9.47 Å². The van der Waals surface area contributed by atoms with Crippen LogP contribution in [0.2, 0.25) is 20.1 Å². The minimum absolute atomic E-state index is 0.0558. The van der Waals surface area contributed by atoms with E-state index in [0.717, 1.165) is 0 Å². The van der Waals surface area contributed by atoms with Crippen LogP contribution >= 0.6 is 46.4 Å². The molecule has 0 saturated heterocycles. The molecule has 0 amide bonds. The van der Waals surface area contributed by atoms with Crippen molar-refractivity contribution in [3.8, 4) is 22.6 Å². The van der Waals surface area contributed by atoms with Gasteiger partial charge in [0.1, 0.15) is 0 Å². The zero-order chi connectivity index (χ0) is 18.0. The predicted octanol–water partition coefficient (Wildman–Crippen LogP) is 5.82. The number of hydrogen-bond donors (Lipinski definition) is 0. The Labute approximate surface area is 158 Å². The molecule has 0 heterocycles. The van der Waals surface area contributed by atoms with Gasteiger partial charge >= 0.3 is 11.9 Å². The monoisotopic (exact) mass is 406 g/mol. The van der Waals surface area contributed by atoms with Gasteiger partial charge in [-0.25, -0.2) is 0 Å². The number of carbonyl (C=O) groups is 2. The first kappa shape index (κ1) is 18.9. The van der Waals surface area contributed by atoms with Crippen molar-refractivity contribution in [2.45, 2.75) is 13.8 Å². The fraction of sp³-hybridized carbons (Fsp3) is 0.125. The minimum atomic E-state index is -0.581. The Hall–Kier alpha value is -1.46. The summed E-state index contributed by atoms with van der Waals surface area (Å²) in [5.41, 5.74) is 0.617. The maximum absolute atomic E-state index is 11.4. The summed E-state index contributed by atoms with van der Waals surface area (Å²) in [7, 11) is 0. The number of rotatable bonds is 3. The lowest BCUT2D eigenvalue weighted by Gasteiger charge is -2.16. The van der Waals surface area contributed by atoms with Crippen molar-refractivity contribution in [1.29, 1.82) is 0 Å². The second kappa shape index (κ2) is 7.62. The normalized spacial score (nSPS) is 10.4. The first-order chi connectivity index (χ1) is 11.2. The molecule has 126 valence electrons. The molecule has 0 aliphatic carbocycles. The molecule has 2 aromatic carbocycles. The fourth-order valence-corrected chi connectivity index (χ4v) is 3.08. The van der Waals surface area contributed by atoms with E-state index in [1.165, 1.54) is 38.1 Å². The maximum Gasteiger partial charge on any atom is 0.308 e. The first-order valence-electron chi connectivity index (χ1n) is 6.54. The first-order valence-corrected chi connectivity index (χ1v) is 8.05. The van der Waals surface area contributed by atoms with Gasteiger partial charge in [0.2, 0.25) is 0 Å². The molecule has 0 bridgehead atoms. The molecule has 0 radical (unpaired) electrons. The van der Waals surface area contributed by atoms with Crippen LogP contribution in [0.4, 0.5) is 0 Å². The van der Waals surface area contributed by atoms with Gasteiger partial charge in [0.05, 0.1) is 10.0 Å². The molecule has 0 saturated carbocycles. The SMILES string of the molecule is CC(=O)Oc1c(Cl)cc(Cl)cc1-c1cc(Cl)cc(Cl)c1OC(C)=O. The van der Waals surface area contributed by atoms with Gasteiger partial charge in [0.25, 0.3) is 0 Å². The molecule has 0 fully saturated rings. The molecule has 0 spiro atoms. The molecular formula is C16H10Cl4O4. The quantitative estimate of drug-likeness (QED) is 0.475. The van der Waals surface area contributed by atoms with Crippen molar-refractivity contribution < 1.29 is 19.1 Å². The summed E-state index contributed by atoms with van der Waals surface area (Å²) in [6.07, 6.45) is 0. The Balaban J connectivity index is 2.80. The second-order valence-corrected chi connectivity index (χ2v) is 6.40. The Morgan fingerprint density at radius 3 is 1.33 bits per heavy atom. The van der Waals surface area contributed by atoms with Crippen LogP contribution in [-0.4, -0.2) is 11.9 Å². The molecule has 0 aromatic heterocycles. The van der Waals surface area contributed by atoms with Gasteiger partial charge in [0.15, 0.2) is 11.5 Å². The van der Waals surface area contributed by atoms with E-state index in [2.05, 4.69) is 0 Å². The van der Waals surface area contributed by atoms with E-state index in [9.17, 15) is 9.59 Å². The van der Waals surface area contributed by atoms with Crippen LogP contribution in [0.15, 0.2) is 24.3 Å². The lowest BCUT2D eigenvalue weighted by atomic mass is 10.0. The van der Waals surface area contributed by atoms with Crippen LogP contribution in [0.5, 0.6) is 11.5 Å². The Bertz CT molecular complexity index is 764. The van der Waals surface area contributed by atoms with E-state index in [1.807, 2.05) is 0 Å². The zero-order valence-electron chi connectivity index (χ0n) is 12.5. The highest BCUT2D eigenvalue weighted by atomic mass is 35.5. The van der Waals surface area contributed by atoms with Gasteiger partial charge in [-0.05, 0) is 24.3 Å². The molecule has 0 N–H and O–H groups in total. The van der Waals surface area contributed by atoms with Gasteiger partial charge in [0, 0.05) is 35.0 Å². The average Bonchev–Trinajstić information content (AvgIpc) is 2.43. The van der Waals surface area contributed by atoms with Crippen LogP contribution in [0.25, 0.3) is 11.1 Å². The van der Waals surface area contributed by atoms with Crippen molar-refractivity contribution in [1.82, 2.24) is 0 Å². The van der Waals surface area contributed by atoms with Gasteiger partial charge in [-0.2, -0.15) is 0 Å². The van der Waals surface area contributed by atoms with E-state index in [4.69, 9.17) is 55.9 Å². The van der Waals surface area contributed by atoms with Crippen LogP contribution in [-0.2, 0) is 9.59 Å². The Morgan fingerprint density at radius 1 is 0.708 bits per heavy atom. The molecule has 24 heavy (non-hydrogen) atoms. The number of benzene rings is 2. The smallest absolute Gasteiger partial charge is 0.308 e. The summed E-state index contributed by atoms with van der Waals surface area (Å²) in [5.74, 6) is -1.05. The molecule has 8 heteroatoms. The third-order valence-corrected chi connectivity index (χ3v) is 3.80. The molecule has 0 aliphatic rings. The van der Waals surface area contributed by atoms with Gasteiger partial charge in [-0.3, -0.25) is 9.59 Å². The number of carbonyl (C=O) groups excluding carboxylic acids is 2. The Kier molecular flexibility index (Phi) is 5.99. The number of ether oxygens (including phenoxy) is 2. The van der Waals surface area contributed by atoms with Crippen molar-refractivity contribution in [3.05, 3.63) is 44.4 Å².